The Bertz CT molecular complexity index is 608. The van der Waals surface area contributed by atoms with Gasteiger partial charge in [0.1, 0.15) is 6.54 Å². The number of carbonyl (C=O) groups is 2. The van der Waals surface area contributed by atoms with E-state index in [1.54, 1.807) is 25.4 Å². The van der Waals surface area contributed by atoms with Crippen LogP contribution in [0.5, 0.6) is 0 Å². The summed E-state index contributed by atoms with van der Waals surface area (Å²) in [6.07, 6.45) is 1.47. The summed E-state index contributed by atoms with van der Waals surface area (Å²) in [6, 6.07) is 4.08. The van der Waals surface area contributed by atoms with E-state index in [1.165, 1.54) is 9.78 Å². The third kappa shape index (κ3) is 6.01. The number of nitrogens with zero attached hydrogens (tertiary/aromatic N) is 3. The molecule has 144 valence electrons. The number of ether oxygens (including phenoxy) is 1. The van der Waals surface area contributed by atoms with E-state index in [0.29, 0.717) is 13.2 Å². The number of amides is 1. The zero-order valence-electron chi connectivity index (χ0n) is 15.7. The molecule has 0 radical (unpaired) electrons. The van der Waals surface area contributed by atoms with Crippen molar-refractivity contribution in [3.05, 3.63) is 22.4 Å². The predicted molar refractivity (Wildman–Crippen MR) is 103 cm³/mol. The molecule has 0 atom stereocenters. The number of guanidine groups is 1. The topological polar surface area (TPSA) is 74.2 Å². The quantitative estimate of drug-likeness (QED) is 0.461. The molecule has 1 saturated heterocycles. The SMILES string of the molecule is CCOC(=O)C1CCN(C(=NCC(=O)N(C)C)NCc2cccs2)CC1. The van der Waals surface area contributed by atoms with E-state index < -0.39 is 0 Å². The Labute approximate surface area is 159 Å². The molecule has 0 bridgehead atoms. The van der Waals surface area contributed by atoms with Crippen LogP contribution in [0.3, 0.4) is 0 Å². The molecule has 0 spiro atoms. The number of esters is 1. The molecule has 2 rings (SSSR count). The smallest absolute Gasteiger partial charge is 0.309 e. The van der Waals surface area contributed by atoms with Gasteiger partial charge in [-0.2, -0.15) is 0 Å². The van der Waals surface area contributed by atoms with Crippen LogP contribution in [-0.2, 0) is 20.9 Å². The van der Waals surface area contributed by atoms with Crippen LogP contribution in [0.4, 0.5) is 0 Å². The number of hydrogen-bond acceptors (Lipinski definition) is 5. The molecule has 1 aromatic heterocycles. The maximum absolute atomic E-state index is 11.9. The van der Waals surface area contributed by atoms with Crippen LogP contribution in [0.25, 0.3) is 0 Å². The standard InChI is InChI=1S/C18H28N4O3S/c1-4-25-17(24)14-7-9-22(10-8-14)18(20-13-16(23)21(2)3)19-12-15-6-5-11-26-15/h5-6,11,14H,4,7-10,12-13H2,1-3H3,(H,19,20). The average Bonchev–Trinajstić information content (AvgIpc) is 3.15. The van der Waals surface area contributed by atoms with E-state index in [4.69, 9.17) is 4.74 Å². The van der Waals surface area contributed by atoms with Crippen LogP contribution in [0, 0.1) is 5.92 Å². The van der Waals surface area contributed by atoms with Crippen LogP contribution in [-0.4, -0.2) is 68.0 Å². The zero-order valence-corrected chi connectivity index (χ0v) is 16.6. The first kappa shape index (κ1) is 20.2. The number of aliphatic imine (C=N–C) groups is 1. The van der Waals surface area contributed by atoms with E-state index in [9.17, 15) is 9.59 Å². The van der Waals surface area contributed by atoms with E-state index in [1.807, 2.05) is 18.4 Å². The van der Waals surface area contributed by atoms with E-state index in [-0.39, 0.29) is 24.3 Å². The Balaban J connectivity index is 1.97. The van der Waals surface area contributed by atoms with E-state index >= 15 is 0 Å². The van der Waals surface area contributed by atoms with Gasteiger partial charge in [-0.3, -0.25) is 9.59 Å². The summed E-state index contributed by atoms with van der Waals surface area (Å²) in [4.78, 5) is 33.2. The van der Waals surface area contributed by atoms with Gasteiger partial charge < -0.3 is 19.9 Å². The summed E-state index contributed by atoms with van der Waals surface area (Å²) < 4.78 is 5.13. The van der Waals surface area contributed by atoms with Crippen molar-refractivity contribution >= 4 is 29.2 Å². The molecule has 1 fully saturated rings. The minimum atomic E-state index is -0.111. The summed E-state index contributed by atoms with van der Waals surface area (Å²) in [7, 11) is 3.45. The Hall–Kier alpha value is -2.09. The zero-order chi connectivity index (χ0) is 18.9. The molecule has 0 aliphatic carbocycles. The highest BCUT2D eigenvalue weighted by Crippen LogP contribution is 2.19. The van der Waals surface area contributed by atoms with Crippen molar-refractivity contribution in [1.29, 1.82) is 0 Å². The number of piperidine rings is 1. The van der Waals surface area contributed by atoms with Crippen molar-refractivity contribution in [2.75, 3.05) is 40.3 Å². The number of thiophene rings is 1. The minimum Gasteiger partial charge on any atom is -0.466 e. The molecular formula is C18H28N4O3S. The second-order valence-corrected chi connectivity index (χ2v) is 7.41. The second-order valence-electron chi connectivity index (χ2n) is 6.37. The van der Waals surface area contributed by atoms with Crippen molar-refractivity contribution < 1.29 is 14.3 Å². The second kappa shape index (κ2) is 10.2. The van der Waals surface area contributed by atoms with Gasteiger partial charge >= 0.3 is 5.97 Å². The Morgan fingerprint density at radius 3 is 2.69 bits per heavy atom. The predicted octanol–water partition coefficient (Wildman–Crippen LogP) is 1.56. The monoisotopic (exact) mass is 380 g/mol. The molecule has 1 aliphatic rings. The summed E-state index contributed by atoms with van der Waals surface area (Å²) in [5.74, 6) is 0.519. The third-order valence-corrected chi connectivity index (χ3v) is 5.15. The van der Waals surface area contributed by atoms with Crippen molar-refractivity contribution in [2.45, 2.75) is 26.3 Å². The number of likely N-dealkylation sites (tertiary alicyclic amines) is 1. The Morgan fingerprint density at radius 2 is 2.12 bits per heavy atom. The van der Waals surface area contributed by atoms with Crippen molar-refractivity contribution in [1.82, 2.24) is 15.1 Å². The maximum atomic E-state index is 11.9. The summed E-state index contributed by atoms with van der Waals surface area (Å²) >= 11 is 1.68. The van der Waals surface area contributed by atoms with E-state index in [2.05, 4.69) is 21.3 Å². The number of rotatable bonds is 6. The van der Waals surface area contributed by atoms with Gasteiger partial charge in [-0.05, 0) is 31.2 Å². The first-order chi connectivity index (χ1) is 12.5. The molecule has 8 heteroatoms. The van der Waals surface area contributed by atoms with Crippen molar-refractivity contribution in [3.8, 4) is 0 Å². The van der Waals surface area contributed by atoms with Gasteiger partial charge in [0, 0.05) is 32.1 Å². The number of carbonyl (C=O) groups excluding carboxylic acids is 2. The van der Waals surface area contributed by atoms with Crippen LogP contribution in [0.1, 0.15) is 24.6 Å². The fourth-order valence-corrected chi connectivity index (χ4v) is 3.36. The van der Waals surface area contributed by atoms with Crippen LogP contribution >= 0.6 is 11.3 Å². The lowest BCUT2D eigenvalue weighted by molar-refractivity contribution is -0.149. The van der Waals surface area contributed by atoms with Crippen LogP contribution < -0.4 is 5.32 Å². The molecule has 0 saturated carbocycles. The third-order valence-electron chi connectivity index (χ3n) is 4.28. The van der Waals surface area contributed by atoms with Gasteiger partial charge in [0.25, 0.3) is 0 Å². The molecule has 7 nitrogen and oxygen atoms in total. The van der Waals surface area contributed by atoms with Gasteiger partial charge in [0.15, 0.2) is 5.96 Å². The molecule has 0 aromatic carbocycles. The summed E-state index contributed by atoms with van der Waals surface area (Å²) in [6.45, 7) is 4.46. The minimum absolute atomic E-state index is 0.0400. The van der Waals surface area contributed by atoms with Gasteiger partial charge in [0.2, 0.25) is 5.91 Å². The fourth-order valence-electron chi connectivity index (χ4n) is 2.72. The van der Waals surface area contributed by atoms with Gasteiger partial charge in [-0.15, -0.1) is 11.3 Å². The molecule has 1 amide bonds. The molecule has 1 N–H and O–H groups in total. The van der Waals surface area contributed by atoms with Crippen LogP contribution in [0.2, 0.25) is 0 Å². The first-order valence-corrected chi connectivity index (χ1v) is 9.81. The van der Waals surface area contributed by atoms with Gasteiger partial charge in [-0.1, -0.05) is 6.07 Å². The lowest BCUT2D eigenvalue weighted by Crippen LogP contribution is -2.47. The molecule has 0 unspecified atom stereocenters. The number of nitrogens with one attached hydrogen (secondary N) is 1. The highest BCUT2D eigenvalue weighted by atomic mass is 32.1. The molecular weight excluding hydrogens is 352 g/mol. The van der Waals surface area contributed by atoms with E-state index in [0.717, 1.165) is 31.9 Å². The molecule has 1 aliphatic heterocycles. The van der Waals surface area contributed by atoms with Crippen molar-refractivity contribution in [2.24, 2.45) is 10.9 Å². The molecule has 2 heterocycles. The van der Waals surface area contributed by atoms with Crippen molar-refractivity contribution in [3.63, 3.8) is 0 Å². The maximum Gasteiger partial charge on any atom is 0.309 e. The fraction of sp³-hybridized carbons (Fsp3) is 0.611. The number of hydrogen-bond donors (Lipinski definition) is 1. The number of likely N-dealkylation sites (N-methyl/N-ethyl adjacent to an activating group) is 1. The summed E-state index contributed by atoms with van der Waals surface area (Å²) in [5, 5.41) is 5.39. The van der Waals surface area contributed by atoms with Gasteiger partial charge in [0.05, 0.1) is 19.1 Å². The average molecular weight is 381 g/mol. The normalized spacial score (nSPS) is 15.7. The van der Waals surface area contributed by atoms with Crippen LogP contribution in [0.15, 0.2) is 22.5 Å². The lowest BCUT2D eigenvalue weighted by Gasteiger charge is -2.33. The molecule has 26 heavy (non-hydrogen) atoms. The largest absolute Gasteiger partial charge is 0.466 e. The lowest BCUT2D eigenvalue weighted by atomic mass is 9.97. The highest BCUT2D eigenvalue weighted by molar-refractivity contribution is 7.09. The molecule has 1 aromatic rings. The van der Waals surface area contributed by atoms with Gasteiger partial charge in [-0.25, -0.2) is 4.99 Å². The first-order valence-electron chi connectivity index (χ1n) is 8.93. The Morgan fingerprint density at radius 1 is 1.38 bits per heavy atom. The highest BCUT2D eigenvalue weighted by Gasteiger charge is 2.27. The Kier molecular flexibility index (Phi) is 7.90. The summed E-state index contributed by atoms with van der Waals surface area (Å²) in [5.41, 5.74) is 0.